The fraction of sp³-hybridized carbons (Fsp3) is 0.417. The minimum atomic E-state index is -0.0626. The fourth-order valence-electron chi connectivity index (χ4n) is 1.35. The standard InChI is InChI=1S/C12H17NO3/c1-13(6-7-16-2)12(15)11-5-3-4-10(8-11)9-14/h3-5,8,14H,6-7,9H2,1-2H3. The highest BCUT2D eigenvalue weighted by Crippen LogP contribution is 2.07. The van der Waals surface area contributed by atoms with E-state index in [1.165, 1.54) is 0 Å². The van der Waals surface area contributed by atoms with E-state index in [0.717, 1.165) is 5.56 Å². The quantitative estimate of drug-likeness (QED) is 0.806. The maximum atomic E-state index is 11.9. The van der Waals surface area contributed by atoms with Crippen molar-refractivity contribution in [3.63, 3.8) is 0 Å². The van der Waals surface area contributed by atoms with Gasteiger partial charge in [0.2, 0.25) is 0 Å². The number of benzene rings is 1. The Balaban J connectivity index is 2.71. The molecule has 0 aromatic heterocycles. The number of hydrogen-bond acceptors (Lipinski definition) is 3. The summed E-state index contributed by atoms with van der Waals surface area (Å²) in [6.45, 7) is 1.02. The number of ether oxygens (including phenoxy) is 1. The summed E-state index contributed by atoms with van der Waals surface area (Å²) in [7, 11) is 3.33. The monoisotopic (exact) mass is 223 g/mol. The average Bonchev–Trinajstić information content (AvgIpc) is 2.35. The molecule has 88 valence electrons. The van der Waals surface area contributed by atoms with Crippen LogP contribution in [-0.2, 0) is 11.3 Å². The Hall–Kier alpha value is -1.39. The second-order valence-electron chi connectivity index (χ2n) is 3.58. The van der Waals surface area contributed by atoms with Crippen LogP contribution >= 0.6 is 0 Å². The molecule has 16 heavy (non-hydrogen) atoms. The average molecular weight is 223 g/mol. The van der Waals surface area contributed by atoms with Crippen molar-refractivity contribution in [2.24, 2.45) is 0 Å². The molecule has 4 nitrogen and oxygen atoms in total. The van der Waals surface area contributed by atoms with Crippen molar-refractivity contribution < 1.29 is 14.6 Å². The molecule has 4 heteroatoms. The first-order valence-electron chi connectivity index (χ1n) is 5.13. The molecule has 0 heterocycles. The predicted octanol–water partition coefficient (Wildman–Crippen LogP) is 0.897. The van der Waals surface area contributed by atoms with Crippen LogP contribution in [0.5, 0.6) is 0 Å². The minimum absolute atomic E-state index is 0.0527. The summed E-state index contributed by atoms with van der Waals surface area (Å²) < 4.78 is 4.91. The van der Waals surface area contributed by atoms with E-state index in [1.54, 1.807) is 43.3 Å². The zero-order chi connectivity index (χ0) is 12.0. The summed E-state index contributed by atoms with van der Waals surface area (Å²) in [6.07, 6.45) is 0. The maximum Gasteiger partial charge on any atom is 0.253 e. The van der Waals surface area contributed by atoms with Crippen LogP contribution in [0.25, 0.3) is 0 Å². The lowest BCUT2D eigenvalue weighted by Gasteiger charge is -2.16. The first-order valence-corrected chi connectivity index (χ1v) is 5.13. The highest BCUT2D eigenvalue weighted by molar-refractivity contribution is 5.94. The summed E-state index contributed by atoms with van der Waals surface area (Å²) in [5, 5.41) is 8.98. The topological polar surface area (TPSA) is 49.8 Å². The van der Waals surface area contributed by atoms with Crippen molar-refractivity contribution in [2.45, 2.75) is 6.61 Å². The number of carbonyl (C=O) groups is 1. The summed E-state index contributed by atoms with van der Waals surface area (Å²) in [5.74, 6) is -0.0626. The van der Waals surface area contributed by atoms with E-state index in [2.05, 4.69) is 0 Å². The molecule has 1 aromatic rings. The van der Waals surface area contributed by atoms with E-state index in [1.807, 2.05) is 0 Å². The third-order valence-electron chi connectivity index (χ3n) is 2.33. The van der Waals surface area contributed by atoms with Crippen molar-refractivity contribution >= 4 is 5.91 Å². The summed E-state index contributed by atoms with van der Waals surface area (Å²) in [5.41, 5.74) is 1.33. The molecule has 0 saturated heterocycles. The highest BCUT2D eigenvalue weighted by atomic mass is 16.5. The molecular weight excluding hydrogens is 206 g/mol. The Morgan fingerprint density at radius 3 is 2.88 bits per heavy atom. The first kappa shape index (κ1) is 12.7. The van der Waals surface area contributed by atoms with Crippen molar-refractivity contribution in [3.8, 4) is 0 Å². The molecule has 0 spiro atoms. The molecule has 0 unspecified atom stereocenters. The van der Waals surface area contributed by atoms with E-state index in [4.69, 9.17) is 9.84 Å². The van der Waals surface area contributed by atoms with Gasteiger partial charge in [-0.1, -0.05) is 12.1 Å². The molecule has 1 N–H and O–H groups in total. The third-order valence-corrected chi connectivity index (χ3v) is 2.33. The molecule has 1 aromatic carbocycles. The Morgan fingerprint density at radius 2 is 2.25 bits per heavy atom. The van der Waals surface area contributed by atoms with Crippen LogP contribution in [0, 0.1) is 0 Å². The maximum absolute atomic E-state index is 11.9. The van der Waals surface area contributed by atoms with E-state index in [-0.39, 0.29) is 12.5 Å². The molecule has 0 atom stereocenters. The predicted molar refractivity (Wildman–Crippen MR) is 61.2 cm³/mol. The lowest BCUT2D eigenvalue weighted by molar-refractivity contribution is 0.0744. The van der Waals surface area contributed by atoms with Crippen LogP contribution in [0.4, 0.5) is 0 Å². The number of aliphatic hydroxyl groups excluding tert-OH is 1. The lowest BCUT2D eigenvalue weighted by Crippen LogP contribution is -2.29. The van der Waals surface area contributed by atoms with Gasteiger partial charge in [0.15, 0.2) is 0 Å². The molecule has 0 aliphatic heterocycles. The van der Waals surface area contributed by atoms with Gasteiger partial charge < -0.3 is 14.7 Å². The molecular formula is C12H17NO3. The van der Waals surface area contributed by atoms with E-state index in [0.29, 0.717) is 18.7 Å². The van der Waals surface area contributed by atoms with Gasteiger partial charge in [0, 0.05) is 26.3 Å². The summed E-state index contributed by atoms with van der Waals surface area (Å²) >= 11 is 0. The number of rotatable bonds is 5. The van der Waals surface area contributed by atoms with Gasteiger partial charge in [-0.25, -0.2) is 0 Å². The number of hydrogen-bond donors (Lipinski definition) is 1. The number of amides is 1. The van der Waals surface area contributed by atoms with Crippen molar-refractivity contribution in [1.82, 2.24) is 4.90 Å². The van der Waals surface area contributed by atoms with Gasteiger partial charge in [-0.05, 0) is 17.7 Å². The van der Waals surface area contributed by atoms with Crippen LogP contribution in [-0.4, -0.2) is 43.2 Å². The van der Waals surface area contributed by atoms with E-state index in [9.17, 15) is 4.79 Å². The Labute approximate surface area is 95.5 Å². The Bertz CT molecular complexity index is 352. The van der Waals surface area contributed by atoms with Gasteiger partial charge in [0.1, 0.15) is 0 Å². The number of nitrogens with zero attached hydrogens (tertiary/aromatic N) is 1. The number of methoxy groups -OCH3 is 1. The smallest absolute Gasteiger partial charge is 0.253 e. The molecule has 0 bridgehead atoms. The fourth-order valence-corrected chi connectivity index (χ4v) is 1.35. The second kappa shape index (κ2) is 6.25. The molecule has 1 amide bonds. The first-order chi connectivity index (χ1) is 7.69. The third kappa shape index (κ3) is 3.32. The van der Waals surface area contributed by atoms with Crippen molar-refractivity contribution in [3.05, 3.63) is 35.4 Å². The molecule has 1 rings (SSSR count). The van der Waals surface area contributed by atoms with Gasteiger partial charge in [-0.2, -0.15) is 0 Å². The minimum Gasteiger partial charge on any atom is -0.392 e. The molecule has 0 aliphatic rings. The SMILES string of the molecule is COCCN(C)C(=O)c1cccc(CO)c1. The number of aliphatic hydroxyl groups is 1. The summed E-state index contributed by atoms with van der Waals surface area (Å²) in [6, 6.07) is 6.99. The largest absolute Gasteiger partial charge is 0.392 e. The van der Waals surface area contributed by atoms with Gasteiger partial charge in [-0.3, -0.25) is 4.79 Å². The molecule has 0 fully saturated rings. The van der Waals surface area contributed by atoms with E-state index < -0.39 is 0 Å². The van der Waals surface area contributed by atoms with Crippen LogP contribution in [0.3, 0.4) is 0 Å². The summed E-state index contributed by atoms with van der Waals surface area (Å²) in [4.78, 5) is 13.5. The number of carbonyl (C=O) groups excluding carboxylic acids is 1. The van der Waals surface area contributed by atoms with Crippen LogP contribution in [0.2, 0.25) is 0 Å². The molecule has 0 radical (unpaired) electrons. The van der Waals surface area contributed by atoms with Gasteiger partial charge in [0.05, 0.1) is 13.2 Å². The second-order valence-corrected chi connectivity index (χ2v) is 3.58. The molecule has 0 saturated carbocycles. The van der Waals surface area contributed by atoms with Crippen LogP contribution in [0.1, 0.15) is 15.9 Å². The van der Waals surface area contributed by atoms with Crippen LogP contribution in [0.15, 0.2) is 24.3 Å². The lowest BCUT2D eigenvalue weighted by atomic mass is 10.1. The number of likely N-dealkylation sites (N-methyl/N-ethyl adjacent to an activating group) is 1. The van der Waals surface area contributed by atoms with Gasteiger partial charge in [0.25, 0.3) is 5.91 Å². The van der Waals surface area contributed by atoms with Crippen molar-refractivity contribution in [1.29, 1.82) is 0 Å². The van der Waals surface area contributed by atoms with Gasteiger partial charge in [-0.15, -0.1) is 0 Å². The van der Waals surface area contributed by atoms with Gasteiger partial charge >= 0.3 is 0 Å². The zero-order valence-electron chi connectivity index (χ0n) is 9.64. The Kier molecular flexibility index (Phi) is 4.95. The zero-order valence-corrected chi connectivity index (χ0v) is 9.64. The highest BCUT2D eigenvalue weighted by Gasteiger charge is 2.11. The Morgan fingerprint density at radius 1 is 1.50 bits per heavy atom. The normalized spacial score (nSPS) is 10.2. The van der Waals surface area contributed by atoms with E-state index >= 15 is 0 Å². The van der Waals surface area contributed by atoms with Crippen molar-refractivity contribution in [2.75, 3.05) is 27.3 Å². The molecule has 0 aliphatic carbocycles. The van der Waals surface area contributed by atoms with Crippen LogP contribution < -0.4 is 0 Å².